The minimum absolute atomic E-state index is 0.000264. The highest BCUT2D eigenvalue weighted by Crippen LogP contribution is 2.64. The molecule has 0 unspecified atom stereocenters. The van der Waals surface area contributed by atoms with E-state index in [1.54, 1.807) is 18.2 Å². The summed E-state index contributed by atoms with van der Waals surface area (Å²) in [5.74, 6) is -9.60. The molecule has 1 saturated carbocycles. The number of alkyl halides is 5. The molecule has 0 saturated heterocycles. The molecule has 2 amide bonds. The van der Waals surface area contributed by atoms with Crippen molar-refractivity contribution in [1.29, 1.82) is 0 Å². The Kier molecular flexibility index (Phi) is 9.16. The molecule has 12 nitrogen and oxygen atoms in total. The van der Waals surface area contributed by atoms with Crippen LogP contribution in [0, 0.1) is 17.6 Å². The van der Waals surface area contributed by atoms with E-state index < -0.39 is 86.9 Å². The fourth-order valence-electron chi connectivity index (χ4n) is 7.56. The van der Waals surface area contributed by atoms with Gasteiger partial charge >= 0.3 is 6.18 Å². The van der Waals surface area contributed by atoms with E-state index in [-0.39, 0.29) is 47.6 Å². The van der Waals surface area contributed by atoms with Crippen molar-refractivity contribution in [1.82, 2.24) is 29.9 Å². The molecule has 3 N–H and O–H groups in total. The fraction of sp³-hybridized carbons (Fsp3) is 0.343. The Hall–Kier alpha value is -5.53. The number of amides is 2. The first-order chi connectivity index (χ1) is 25.7. The maximum atomic E-state index is 15.5. The lowest BCUT2D eigenvalue weighted by atomic mass is 9.73. The Morgan fingerprint density at radius 3 is 2.36 bits per heavy atom. The predicted octanol–water partition coefficient (Wildman–Crippen LogP) is 6.16. The molecule has 0 radical (unpaired) electrons. The highest BCUT2D eigenvalue weighted by atomic mass is 32.2. The smallest absolute Gasteiger partial charge is 0.346 e. The maximum Gasteiger partial charge on any atom is 0.435 e. The second kappa shape index (κ2) is 13.3. The molecule has 0 spiro atoms. The predicted molar refractivity (Wildman–Crippen MR) is 184 cm³/mol. The van der Waals surface area contributed by atoms with E-state index in [2.05, 4.69) is 30.5 Å². The van der Waals surface area contributed by atoms with Crippen LogP contribution in [0.5, 0.6) is 0 Å². The molecule has 1 fully saturated rings. The molecule has 2 aliphatic rings. The Morgan fingerprint density at radius 1 is 1.04 bits per heavy atom. The first-order valence-electron chi connectivity index (χ1n) is 16.7. The Bertz CT molecular complexity index is 2480. The van der Waals surface area contributed by atoms with Gasteiger partial charge in [0.15, 0.2) is 11.5 Å². The standard InChI is InChI=1S/C35H31F7N8O4S/c1-16(51)44-20-13-24(21-5-4-6-23-30(21)49(2)47-33(23)48-55(3,53)54)29(43-14-20)26(11-17-9-18(36)12-19(37)10-17)45-27(52)15-50-32-28(31(46-50)35(40,41)42)22-7-8-25(22)34(32,38)39/h4-6,9-10,12-14,22,25-26H,7-8,11,15H2,1-3H3,(H,44,51)(H,45,52)(H,47,48)/t22-,25+,26-/m0/s1. The van der Waals surface area contributed by atoms with Crippen LogP contribution in [0.1, 0.15) is 59.9 Å². The molecule has 5 aromatic rings. The van der Waals surface area contributed by atoms with E-state index in [0.717, 1.165) is 18.4 Å². The van der Waals surface area contributed by atoms with Crippen LogP contribution in [0.15, 0.2) is 48.7 Å². The third-order valence-electron chi connectivity index (χ3n) is 9.68. The van der Waals surface area contributed by atoms with Crippen molar-refractivity contribution in [2.45, 2.75) is 56.8 Å². The lowest BCUT2D eigenvalue weighted by Crippen LogP contribution is -2.36. The van der Waals surface area contributed by atoms with Crippen LogP contribution in [0.25, 0.3) is 22.0 Å². The number of nitrogens with one attached hydrogen (secondary N) is 3. The molecule has 3 heterocycles. The molecule has 20 heteroatoms. The van der Waals surface area contributed by atoms with Gasteiger partial charge in [0, 0.05) is 48.0 Å². The Balaban J connectivity index is 1.35. The van der Waals surface area contributed by atoms with Gasteiger partial charge in [-0.2, -0.15) is 32.1 Å². The number of carbonyl (C=O) groups is 2. The van der Waals surface area contributed by atoms with Gasteiger partial charge in [0.25, 0.3) is 5.92 Å². The summed E-state index contributed by atoms with van der Waals surface area (Å²) >= 11 is 0. The van der Waals surface area contributed by atoms with Gasteiger partial charge < -0.3 is 10.6 Å². The summed E-state index contributed by atoms with van der Waals surface area (Å²) in [6, 6.07) is 7.50. The third kappa shape index (κ3) is 7.09. The molecule has 3 atom stereocenters. The number of benzene rings is 2. The average Bonchev–Trinajstić information content (AvgIpc) is 3.60. The normalized spacial score (nSPS) is 18.0. The van der Waals surface area contributed by atoms with Crippen LogP contribution >= 0.6 is 0 Å². The summed E-state index contributed by atoms with van der Waals surface area (Å²) in [5.41, 5.74) is -2.00. The van der Waals surface area contributed by atoms with Gasteiger partial charge in [-0.05, 0) is 55.0 Å². The van der Waals surface area contributed by atoms with E-state index in [9.17, 15) is 40.0 Å². The van der Waals surface area contributed by atoms with Crippen LogP contribution in [0.4, 0.5) is 42.2 Å². The summed E-state index contributed by atoms with van der Waals surface area (Å²) < 4.78 is 131. The van der Waals surface area contributed by atoms with E-state index >= 15 is 8.78 Å². The molecule has 290 valence electrons. The fourth-order valence-corrected chi connectivity index (χ4v) is 8.06. The summed E-state index contributed by atoms with van der Waals surface area (Å²) in [6.07, 6.45) is -3.16. The van der Waals surface area contributed by atoms with Crippen molar-refractivity contribution in [2.24, 2.45) is 13.0 Å². The van der Waals surface area contributed by atoms with Crippen LogP contribution < -0.4 is 15.4 Å². The van der Waals surface area contributed by atoms with Gasteiger partial charge in [-0.25, -0.2) is 17.2 Å². The zero-order valence-corrected chi connectivity index (χ0v) is 29.9. The van der Waals surface area contributed by atoms with Crippen LogP contribution in [-0.2, 0) is 51.7 Å². The number of fused-ring (bicyclic) bond motifs is 4. The SMILES string of the molecule is CC(=O)Nc1cnc([C@H](Cc2cc(F)cc(F)c2)NC(=O)Cn2nc(C(F)(F)F)c3c2C(F)(F)[C@@H]2CC[C@H]32)c(-c2cccc3c(NS(C)(=O)=O)nn(C)c23)c1. The molecule has 55 heavy (non-hydrogen) atoms. The molecular weight excluding hydrogens is 761 g/mol. The topological polar surface area (TPSA) is 153 Å². The number of halogens is 7. The van der Waals surface area contributed by atoms with Crippen molar-refractivity contribution in [2.75, 3.05) is 16.3 Å². The minimum Gasteiger partial charge on any atom is -0.346 e. The minimum atomic E-state index is -5.08. The van der Waals surface area contributed by atoms with Crippen molar-refractivity contribution < 1.29 is 48.7 Å². The number of para-hydroxylation sites is 1. The van der Waals surface area contributed by atoms with Crippen molar-refractivity contribution in [3.8, 4) is 11.1 Å². The second-order valence-electron chi connectivity index (χ2n) is 13.7. The quantitative estimate of drug-likeness (QED) is 0.143. The molecule has 0 bridgehead atoms. The molecule has 2 aromatic carbocycles. The molecule has 3 aromatic heterocycles. The second-order valence-corrected chi connectivity index (χ2v) is 15.4. The van der Waals surface area contributed by atoms with E-state index in [0.29, 0.717) is 27.2 Å². The van der Waals surface area contributed by atoms with Gasteiger partial charge in [-0.1, -0.05) is 12.1 Å². The van der Waals surface area contributed by atoms with Crippen LogP contribution in [0.3, 0.4) is 0 Å². The number of nitrogens with zero attached hydrogens (tertiary/aromatic N) is 5. The highest BCUT2D eigenvalue weighted by molar-refractivity contribution is 7.92. The largest absolute Gasteiger partial charge is 0.435 e. The zero-order chi connectivity index (χ0) is 39.8. The first-order valence-corrected chi connectivity index (χ1v) is 18.6. The van der Waals surface area contributed by atoms with Gasteiger partial charge in [-0.3, -0.25) is 28.7 Å². The third-order valence-corrected chi connectivity index (χ3v) is 10.2. The molecule has 7 rings (SSSR count). The summed E-state index contributed by atoms with van der Waals surface area (Å²) in [5, 5.41) is 13.3. The molecule has 0 aliphatic heterocycles. The van der Waals surface area contributed by atoms with Gasteiger partial charge in [0.05, 0.1) is 35.4 Å². The van der Waals surface area contributed by atoms with Crippen molar-refractivity contribution in [3.63, 3.8) is 0 Å². The van der Waals surface area contributed by atoms with Crippen LogP contribution in [-0.4, -0.2) is 51.0 Å². The number of aryl methyl sites for hydroxylation is 1. The maximum absolute atomic E-state index is 15.5. The Labute approximate surface area is 308 Å². The number of sulfonamides is 1. The zero-order valence-electron chi connectivity index (χ0n) is 29.1. The lowest BCUT2D eigenvalue weighted by Gasteiger charge is -2.34. The van der Waals surface area contributed by atoms with E-state index in [1.165, 1.54) is 30.9 Å². The number of anilines is 2. The monoisotopic (exact) mass is 792 g/mol. The number of rotatable bonds is 10. The first kappa shape index (κ1) is 37.8. The van der Waals surface area contributed by atoms with Gasteiger partial charge in [-0.15, -0.1) is 0 Å². The number of hydrogen-bond donors (Lipinski definition) is 3. The van der Waals surface area contributed by atoms with Crippen LogP contribution in [0.2, 0.25) is 0 Å². The summed E-state index contributed by atoms with van der Waals surface area (Å²) in [7, 11) is -2.26. The number of hydrogen-bond acceptors (Lipinski definition) is 7. The van der Waals surface area contributed by atoms with Gasteiger partial charge in [0.1, 0.15) is 23.9 Å². The van der Waals surface area contributed by atoms with Gasteiger partial charge in [0.2, 0.25) is 21.8 Å². The number of aromatic nitrogens is 5. The Morgan fingerprint density at radius 2 is 1.75 bits per heavy atom. The number of pyridine rings is 1. The molecule has 2 aliphatic carbocycles. The van der Waals surface area contributed by atoms with E-state index in [1.807, 2.05) is 0 Å². The summed E-state index contributed by atoms with van der Waals surface area (Å²) in [4.78, 5) is 30.4. The number of carbonyl (C=O) groups excluding carboxylic acids is 2. The molecular formula is C35H31F7N8O4S. The van der Waals surface area contributed by atoms with E-state index in [4.69, 9.17) is 0 Å². The van der Waals surface area contributed by atoms with Crippen molar-refractivity contribution >= 4 is 44.2 Å². The summed E-state index contributed by atoms with van der Waals surface area (Å²) in [6.45, 7) is 0.171. The lowest BCUT2D eigenvalue weighted by molar-refractivity contribution is -0.144. The average molecular weight is 793 g/mol. The highest BCUT2D eigenvalue weighted by Gasteiger charge is 2.63. The van der Waals surface area contributed by atoms with Crippen molar-refractivity contribution in [3.05, 3.63) is 88.5 Å².